The average molecular weight is 273 g/mol. The Bertz CT molecular complexity index is 347. The molecule has 11 heteroatoms. The number of hydrogen-bond donors (Lipinski definition) is 6. The van der Waals surface area contributed by atoms with Gasteiger partial charge in [-0.2, -0.15) is 0 Å². The van der Waals surface area contributed by atoms with E-state index in [1.54, 1.807) is 0 Å². The minimum absolute atomic E-state index is 2.12. The lowest BCUT2D eigenvalue weighted by molar-refractivity contribution is -0.320. The van der Waals surface area contributed by atoms with Gasteiger partial charge in [-0.3, -0.25) is 9.36 Å². The number of aliphatic hydroxyl groups excluding tert-OH is 4. The number of carboxylic acids is 1. The predicted molar refractivity (Wildman–Crippen MR) is 46.1 cm³/mol. The SMILES string of the molecule is O=C([O-])[C@@H](O)[C@H](O)[C@H](O)[C@@H](O)C(=O)P(=O)(O)O. The Morgan fingerprint density at radius 3 is 1.59 bits per heavy atom. The fourth-order valence-corrected chi connectivity index (χ4v) is 1.33. The van der Waals surface area contributed by atoms with Crippen LogP contribution in [0.15, 0.2) is 0 Å². The Hall–Kier alpha value is -0.870. The first kappa shape index (κ1) is 16.1. The minimum atomic E-state index is -5.37. The largest absolute Gasteiger partial charge is 0.547 e. The van der Waals surface area contributed by atoms with Crippen LogP contribution in [-0.4, -0.2) is 66.1 Å². The molecule has 0 aromatic rings. The molecule has 0 aliphatic heterocycles. The summed E-state index contributed by atoms with van der Waals surface area (Å²) in [6.45, 7) is 0. The number of rotatable bonds is 6. The minimum Gasteiger partial charge on any atom is -0.547 e. The maximum absolute atomic E-state index is 10.8. The van der Waals surface area contributed by atoms with E-state index in [-0.39, 0.29) is 0 Å². The van der Waals surface area contributed by atoms with Crippen LogP contribution < -0.4 is 5.11 Å². The summed E-state index contributed by atoms with van der Waals surface area (Å²) in [6.07, 6.45) is -10.5. The molecule has 0 fully saturated rings. The first-order valence-electron chi connectivity index (χ1n) is 4.03. The summed E-state index contributed by atoms with van der Waals surface area (Å²) in [5.74, 6) is -2.20. The van der Waals surface area contributed by atoms with Gasteiger partial charge >= 0.3 is 7.60 Å². The van der Waals surface area contributed by atoms with Crippen LogP contribution in [0.2, 0.25) is 0 Å². The van der Waals surface area contributed by atoms with Crippen molar-refractivity contribution in [3.8, 4) is 0 Å². The van der Waals surface area contributed by atoms with E-state index in [9.17, 15) is 19.3 Å². The third kappa shape index (κ3) is 4.13. The molecular formula is C6H10O10P-. The van der Waals surface area contributed by atoms with Gasteiger partial charge in [-0.1, -0.05) is 0 Å². The topological polar surface area (TPSA) is 196 Å². The van der Waals surface area contributed by atoms with Crippen LogP contribution in [0, 0.1) is 0 Å². The lowest BCUT2D eigenvalue weighted by Gasteiger charge is -2.26. The zero-order valence-electron chi connectivity index (χ0n) is 8.07. The van der Waals surface area contributed by atoms with E-state index in [2.05, 4.69) is 0 Å². The summed E-state index contributed by atoms with van der Waals surface area (Å²) in [7, 11) is -5.37. The van der Waals surface area contributed by atoms with Crippen molar-refractivity contribution in [3.05, 3.63) is 0 Å². The van der Waals surface area contributed by atoms with Crippen LogP contribution in [0.4, 0.5) is 0 Å². The first-order chi connectivity index (χ1) is 7.50. The molecule has 6 N–H and O–H groups in total. The molecule has 0 aromatic carbocycles. The van der Waals surface area contributed by atoms with Crippen molar-refractivity contribution < 1.29 is 49.5 Å². The first-order valence-corrected chi connectivity index (χ1v) is 5.64. The highest BCUT2D eigenvalue weighted by Crippen LogP contribution is 2.37. The Kier molecular flexibility index (Phi) is 5.36. The molecule has 0 spiro atoms. The predicted octanol–water partition coefficient (Wildman–Crippen LogP) is -5.12. The van der Waals surface area contributed by atoms with E-state index in [0.717, 1.165) is 0 Å². The molecule has 4 atom stereocenters. The van der Waals surface area contributed by atoms with Crippen LogP contribution in [0.1, 0.15) is 0 Å². The van der Waals surface area contributed by atoms with Gasteiger partial charge in [0, 0.05) is 0 Å². The van der Waals surface area contributed by atoms with Crippen molar-refractivity contribution in [2.75, 3.05) is 0 Å². The van der Waals surface area contributed by atoms with Gasteiger partial charge in [0.2, 0.25) is 0 Å². The summed E-state index contributed by atoms with van der Waals surface area (Å²) in [5, 5.41) is 45.7. The summed E-state index contributed by atoms with van der Waals surface area (Å²) in [6, 6.07) is 0. The third-order valence-electron chi connectivity index (χ3n) is 1.78. The van der Waals surface area contributed by atoms with E-state index >= 15 is 0 Å². The summed E-state index contributed by atoms with van der Waals surface area (Å²) in [5.41, 5.74) is -2.12. The molecule has 0 rings (SSSR count). The molecule has 0 radical (unpaired) electrons. The highest BCUT2D eigenvalue weighted by atomic mass is 31.2. The Balaban J connectivity index is 4.83. The molecule has 0 saturated carbocycles. The third-order valence-corrected chi connectivity index (χ3v) is 2.62. The zero-order valence-corrected chi connectivity index (χ0v) is 8.97. The van der Waals surface area contributed by atoms with Crippen molar-refractivity contribution in [2.45, 2.75) is 24.4 Å². The van der Waals surface area contributed by atoms with Crippen molar-refractivity contribution >= 4 is 19.1 Å². The fraction of sp³-hybridized carbons (Fsp3) is 0.667. The van der Waals surface area contributed by atoms with E-state index in [1.807, 2.05) is 0 Å². The van der Waals surface area contributed by atoms with Gasteiger partial charge in [-0.25, -0.2) is 0 Å². The molecule has 0 bridgehead atoms. The Morgan fingerprint density at radius 2 is 1.29 bits per heavy atom. The van der Waals surface area contributed by atoms with Crippen LogP contribution in [0.25, 0.3) is 0 Å². The van der Waals surface area contributed by atoms with Crippen LogP contribution in [-0.2, 0) is 14.2 Å². The molecule has 0 aliphatic rings. The summed E-state index contributed by atoms with van der Waals surface area (Å²) >= 11 is 0. The van der Waals surface area contributed by atoms with E-state index in [0.29, 0.717) is 0 Å². The van der Waals surface area contributed by atoms with Crippen LogP contribution in [0.5, 0.6) is 0 Å². The number of aliphatic hydroxyl groups is 4. The highest BCUT2D eigenvalue weighted by molar-refractivity contribution is 7.70. The zero-order chi connectivity index (χ0) is 14.0. The molecule has 0 saturated heterocycles. The van der Waals surface area contributed by atoms with Gasteiger partial charge in [-0.15, -0.1) is 0 Å². The van der Waals surface area contributed by atoms with Crippen molar-refractivity contribution in [3.63, 3.8) is 0 Å². The monoisotopic (exact) mass is 273 g/mol. The molecular weight excluding hydrogens is 263 g/mol. The van der Waals surface area contributed by atoms with E-state index in [4.69, 9.17) is 30.2 Å². The van der Waals surface area contributed by atoms with Gasteiger partial charge in [0.25, 0.3) is 5.52 Å². The summed E-state index contributed by atoms with van der Waals surface area (Å²) < 4.78 is 10.4. The lowest BCUT2D eigenvalue weighted by atomic mass is 10.0. The standard InChI is InChI=1S/C6H11O10P/c7-1(3(9)5(11)12)2(8)4(10)6(13)17(14,15)16/h1-4,7-10H,(H,11,12)(H2,14,15,16)/p-1/t1-,2+,3+,4-/m1/s1. The number of carbonyl (C=O) groups excluding carboxylic acids is 2. The highest BCUT2D eigenvalue weighted by Gasteiger charge is 2.41. The maximum atomic E-state index is 10.8. The summed E-state index contributed by atoms with van der Waals surface area (Å²) in [4.78, 5) is 37.6. The van der Waals surface area contributed by atoms with Gasteiger partial charge in [0.1, 0.15) is 18.3 Å². The number of hydrogen-bond acceptors (Lipinski definition) is 8. The van der Waals surface area contributed by atoms with Crippen molar-refractivity contribution in [1.29, 1.82) is 0 Å². The van der Waals surface area contributed by atoms with Gasteiger partial charge in [0.15, 0.2) is 6.10 Å². The average Bonchev–Trinajstić information content (AvgIpc) is 2.22. The number of carbonyl (C=O) groups is 2. The second kappa shape index (κ2) is 5.65. The molecule has 0 aromatic heterocycles. The van der Waals surface area contributed by atoms with Crippen molar-refractivity contribution in [1.82, 2.24) is 0 Å². The smallest absolute Gasteiger partial charge is 0.394 e. The van der Waals surface area contributed by atoms with Gasteiger partial charge < -0.3 is 40.1 Å². The fourth-order valence-electron chi connectivity index (χ4n) is 0.831. The molecule has 0 amide bonds. The normalized spacial score (nSPS) is 19.2. The second-order valence-corrected chi connectivity index (χ2v) is 4.60. The van der Waals surface area contributed by atoms with Crippen LogP contribution >= 0.6 is 7.60 Å². The van der Waals surface area contributed by atoms with E-state index in [1.165, 1.54) is 0 Å². The molecule has 0 unspecified atom stereocenters. The molecule has 100 valence electrons. The molecule has 0 heterocycles. The molecule has 17 heavy (non-hydrogen) atoms. The van der Waals surface area contributed by atoms with E-state index < -0.39 is 43.5 Å². The lowest BCUT2D eigenvalue weighted by Crippen LogP contribution is -2.53. The van der Waals surface area contributed by atoms with Crippen LogP contribution in [0.3, 0.4) is 0 Å². The van der Waals surface area contributed by atoms with Gasteiger partial charge in [-0.05, 0) is 0 Å². The van der Waals surface area contributed by atoms with Gasteiger partial charge in [0.05, 0.1) is 5.97 Å². The quantitative estimate of drug-likeness (QED) is 0.254. The number of carboxylic acid groups (broad SMARTS) is 1. The molecule has 10 nitrogen and oxygen atoms in total. The Labute approximate surface area is 93.9 Å². The van der Waals surface area contributed by atoms with Crippen molar-refractivity contribution in [2.24, 2.45) is 0 Å². The Morgan fingerprint density at radius 1 is 0.941 bits per heavy atom. The number of aliphatic carboxylic acids is 1. The maximum Gasteiger partial charge on any atom is 0.394 e. The second-order valence-electron chi connectivity index (χ2n) is 3.07. The molecule has 0 aliphatic carbocycles.